The molecule has 2 aromatic carbocycles. The molecule has 25 heavy (non-hydrogen) atoms. The Morgan fingerprint density at radius 3 is 2.84 bits per heavy atom. The molecular formula is C17H10BrF3IN2O-. The Hall–Kier alpha value is -1.29. The van der Waals surface area contributed by atoms with E-state index >= 15 is 0 Å². The van der Waals surface area contributed by atoms with Crippen LogP contribution < -0.4 is 25.9 Å². The van der Waals surface area contributed by atoms with E-state index < -0.39 is 6.61 Å². The summed E-state index contributed by atoms with van der Waals surface area (Å²) >= 11 is 3.15. The summed E-state index contributed by atoms with van der Waals surface area (Å²) in [6.45, 7) is -2.87. The minimum atomic E-state index is -2.87. The van der Waals surface area contributed by atoms with Crippen molar-refractivity contribution in [3.8, 4) is 5.75 Å². The number of alkyl halides is 4. The van der Waals surface area contributed by atoms with Crippen LogP contribution in [0.4, 0.5) is 13.2 Å². The Bertz CT molecular complexity index is 1010. The van der Waals surface area contributed by atoms with Gasteiger partial charge in [-0.25, -0.2) is 0 Å². The fraction of sp³-hybridized carbons (Fsp3) is 0.235. The fourth-order valence-electron chi connectivity index (χ4n) is 3.52. The van der Waals surface area contributed by atoms with E-state index in [1.807, 2.05) is 12.1 Å². The summed E-state index contributed by atoms with van der Waals surface area (Å²) < 4.78 is 47.5. The van der Waals surface area contributed by atoms with Gasteiger partial charge in [0.05, 0.1) is 0 Å². The van der Waals surface area contributed by atoms with Crippen LogP contribution in [0.15, 0.2) is 40.9 Å². The molecule has 3 heterocycles. The summed E-state index contributed by atoms with van der Waals surface area (Å²) in [7, 11) is 0. The molecule has 0 amide bonds. The standard InChI is InChI=1S/C17H10BrF3IN2O/c18-8-5-11-10(6-9(8)19)23-16-14-13(22-14)15(24(11)16)7-3-1-2-4-12(7)25-17(20)21/h1-6,13-15,17H/q-1/t13-,14+,15-/m0/s1. The van der Waals surface area contributed by atoms with E-state index in [4.69, 9.17) is 4.74 Å². The SMILES string of the molecule is Fc1cc2nc3n(c2cc1Br)[C@@H](c1ccccc1OC(F)F)[C@H]1[I-][C@@H]31. The van der Waals surface area contributed by atoms with E-state index in [0.717, 1.165) is 16.9 Å². The second-order valence-electron chi connectivity index (χ2n) is 5.93. The van der Waals surface area contributed by atoms with Gasteiger partial charge in [0.1, 0.15) is 0 Å². The number of aromatic nitrogens is 2. The van der Waals surface area contributed by atoms with Crippen molar-refractivity contribution in [2.45, 2.75) is 20.5 Å². The monoisotopic (exact) mass is 521 g/mol. The van der Waals surface area contributed by atoms with E-state index in [9.17, 15) is 13.2 Å². The van der Waals surface area contributed by atoms with Crippen LogP contribution in [0.3, 0.4) is 0 Å². The molecule has 2 aliphatic rings. The molecule has 3 nitrogen and oxygen atoms in total. The molecule has 5 rings (SSSR count). The molecule has 1 fully saturated rings. The molecular weight excluding hydrogens is 512 g/mol. The first-order valence-corrected chi connectivity index (χ1v) is 10.9. The Morgan fingerprint density at radius 2 is 2.04 bits per heavy atom. The normalized spacial score (nSPS) is 24.1. The summed E-state index contributed by atoms with van der Waals surface area (Å²) in [4.78, 5) is 4.62. The zero-order valence-corrected chi connectivity index (χ0v) is 16.2. The predicted octanol–water partition coefficient (Wildman–Crippen LogP) is 1.65. The average Bonchev–Trinajstić information content (AvgIpc) is 3.18. The molecule has 1 aromatic heterocycles. The van der Waals surface area contributed by atoms with Crippen LogP contribution in [0.1, 0.15) is 21.4 Å². The van der Waals surface area contributed by atoms with Crippen LogP contribution in [0.5, 0.6) is 5.75 Å². The van der Waals surface area contributed by atoms with Crippen molar-refractivity contribution in [2.75, 3.05) is 0 Å². The quantitative estimate of drug-likeness (QED) is 0.387. The van der Waals surface area contributed by atoms with Gasteiger partial charge in [0.25, 0.3) is 0 Å². The number of halogens is 5. The molecule has 3 atom stereocenters. The van der Waals surface area contributed by atoms with Gasteiger partial charge >= 0.3 is 160 Å². The second kappa shape index (κ2) is 5.60. The molecule has 0 aliphatic carbocycles. The zero-order chi connectivity index (χ0) is 17.3. The molecule has 8 heteroatoms. The van der Waals surface area contributed by atoms with Gasteiger partial charge in [-0.1, -0.05) is 0 Å². The summed E-state index contributed by atoms with van der Waals surface area (Å²) in [5.41, 5.74) is 2.16. The van der Waals surface area contributed by atoms with E-state index in [1.54, 1.807) is 18.2 Å². The number of hydrogen-bond acceptors (Lipinski definition) is 2. The average molecular weight is 522 g/mol. The number of para-hydroxylation sites is 1. The number of fused-ring (bicyclic) bond motifs is 5. The molecule has 3 aromatic rings. The maximum atomic E-state index is 13.9. The number of ether oxygens (including phenoxy) is 1. The Labute approximate surface area is 159 Å². The molecule has 130 valence electrons. The van der Waals surface area contributed by atoms with Crippen LogP contribution in [0, 0.1) is 5.82 Å². The van der Waals surface area contributed by atoms with Crippen molar-refractivity contribution < 1.29 is 39.1 Å². The van der Waals surface area contributed by atoms with Gasteiger partial charge in [0.2, 0.25) is 0 Å². The van der Waals surface area contributed by atoms with Gasteiger partial charge in [0.15, 0.2) is 0 Å². The van der Waals surface area contributed by atoms with E-state index in [0.29, 0.717) is 17.8 Å². The van der Waals surface area contributed by atoms with Crippen molar-refractivity contribution in [1.82, 2.24) is 9.55 Å². The maximum absolute atomic E-state index is 13.9. The first-order valence-electron chi connectivity index (χ1n) is 7.57. The Kier molecular flexibility index (Phi) is 3.57. The van der Waals surface area contributed by atoms with Crippen molar-refractivity contribution in [2.24, 2.45) is 0 Å². The third kappa shape index (κ3) is 2.40. The Morgan fingerprint density at radius 1 is 1.24 bits per heavy atom. The van der Waals surface area contributed by atoms with Crippen molar-refractivity contribution >= 4 is 27.0 Å². The summed E-state index contributed by atoms with van der Waals surface area (Å²) in [5, 5.41) is 0. The zero-order valence-electron chi connectivity index (χ0n) is 12.5. The number of rotatable bonds is 3. The topological polar surface area (TPSA) is 27.1 Å². The van der Waals surface area contributed by atoms with Crippen molar-refractivity contribution in [3.63, 3.8) is 0 Å². The van der Waals surface area contributed by atoms with Crippen LogP contribution in [-0.2, 0) is 0 Å². The third-order valence-electron chi connectivity index (χ3n) is 4.53. The first-order chi connectivity index (χ1) is 12.0. The van der Waals surface area contributed by atoms with Crippen LogP contribution in [0.2, 0.25) is 0 Å². The summed E-state index contributed by atoms with van der Waals surface area (Å²) in [6, 6.07) is 9.98. The summed E-state index contributed by atoms with van der Waals surface area (Å²) in [6.07, 6.45) is 0. The Balaban J connectivity index is 1.71. The van der Waals surface area contributed by atoms with Gasteiger partial charge in [-0.3, -0.25) is 0 Å². The van der Waals surface area contributed by atoms with Gasteiger partial charge in [-0.2, -0.15) is 0 Å². The second-order valence-corrected chi connectivity index (χ2v) is 10.3. The van der Waals surface area contributed by atoms with Crippen molar-refractivity contribution in [1.29, 1.82) is 0 Å². The molecule has 0 N–H and O–H groups in total. The van der Waals surface area contributed by atoms with E-state index in [2.05, 4.69) is 25.5 Å². The fourth-order valence-corrected chi connectivity index (χ4v) is 7.08. The predicted molar refractivity (Wildman–Crippen MR) is 85.1 cm³/mol. The van der Waals surface area contributed by atoms with Crippen LogP contribution in [-0.4, -0.2) is 20.1 Å². The third-order valence-corrected chi connectivity index (χ3v) is 8.65. The first kappa shape index (κ1) is 15.9. The van der Waals surface area contributed by atoms with Gasteiger partial charge in [-0.15, -0.1) is 0 Å². The molecule has 0 bridgehead atoms. The van der Waals surface area contributed by atoms with Gasteiger partial charge in [-0.05, 0) is 0 Å². The van der Waals surface area contributed by atoms with E-state index in [-0.39, 0.29) is 38.8 Å². The number of hydrogen-bond donors (Lipinski definition) is 0. The molecule has 0 unspecified atom stereocenters. The number of benzene rings is 2. The molecule has 1 saturated heterocycles. The molecule has 0 saturated carbocycles. The molecule has 2 aliphatic heterocycles. The number of imidazole rings is 1. The molecule has 0 spiro atoms. The summed E-state index contributed by atoms with van der Waals surface area (Å²) in [5.74, 6) is 0.791. The van der Waals surface area contributed by atoms with Crippen molar-refractivity contribution in [3.05, 3.63) is 58.1 Å². The van der Waals surface area contributed by atoms with Gasteiger partial charge < -0.3 is 0 Å². The van der Waals surface area contributed by atoms with E-state index in [1.165, 1.54) is 6.07 Å². The van der Waals surface area contributed by atoms with Crippen LogP contribution >= 0.6 is 15.9 Å². The van der Waals surface area contributed by atoms with Crippen LogP contribution in [0.25, 0.3) is 11.0 Å². The molecule has 0 radical (unpaired) electrons. The minimum absolute atomic E-state index is 0.0762. The number of nitrogens with zero attached hydrogens (tertiary/aromatic N) is 2. The van der Waals surface area contributed by atoms with Gasteiger partial charge in [0, 0.05) is 0 Å².